The molecule has 8 nitrogen and oxygen atoms in total. The molecule has 230 valence electrons. The number of anilines is 3. The van der Waals surface area contributed by atoms with E-state index >= 15 is 0 Å². The van der Waals surface area contributed by atoms with Gasteiger partial charge in [-0.2, -0.15) is 13.2 Å². The molecule has 0 bridgehead atoms. The monoisotopic (exact) mass is 666 g/mol. The molecule has 0 atom stereocenters. The van der Waals surface area contributed by atoms with Gasteiger partial charge in [0, 0.05) is 18.3 Å². The summed E-state index contributed by atoms with van der Waals surface area (Å²) in [5, 5.41) is 2.69. The molecular formula is C30H31BrF4N4O4. The number of alkyl halides is 3. The van der Waals surface area contributed by atoms with Crippen LogP contribution in [0.1, 0.15) is 55.1 Å². The Bertz CT molecular complexity index is 1510. The highest BCUT2D eigenvalue weighted by molar-refractivity contribution is 9.10. The van der Waals surface area contributed by atoms with Crippen LogP contribution in [0, 0.1) is 5.82 Å². The maximum Gasteiger partial charge on any atom is 0.416 e. The number of nitrogens with zero attached hydrogens (tertiary/aromatic N) is 3. The zero-order valence-corrected chi connectivity index (χ0v) is 25.6. The highest BCUT2D eigenvalue weighted by Crippen LogP contribution is 2.42. The minimum Gasteiger partial charge on any atom is -0.481 e. The molecule has 1 N–H and O–H groups in total. The second-order valence-corrected chi connectivity index (χ2v) is 11.6. The normalized spacial score (nSPS) is 13.6. The van der Waals surface area contributed by atoms with Crippen LogP contribution in [0.2, 0.25) is 0 Å². The number of benzene rings is 2. The van der Waals surface area contributed by atoms with Crippen LogP contribution in [0.5, 0.6) is 5.88 Å². The van der Waals surface area contributed by atoms with E-state index in [9.17, 15) is 27.2 Å². The maximum atomic E-state index is 14.5. The van der Waals surface area contributed by atoms with Gasteiger partial charge in [-0.15, -0.1) is 0 Å². The predicted octanol–water partition coefficient (Wildman–Crippen LogP) is 7.61. The highest BCUT2D eigenvalue weighted by atomic mass is 79.9. The average molecular weight is 667 g/mol. The van der Waals surface area contributed by atoms with Crippen molar-refractivity contribution >= 4 is 45.0 Å². The number of fused-ring (bicyclic) bond motifs is 1. The molecule has 0 saturated heterocycles. The SMILES string of the molecule is COc1ccc(N2CN(c3ccc(F)cc3CCCCNC(=O)OC(C)(C)C)c3ccc(C(F)(F)F)cc3C2=O)c(Br)n1. The number of halogens is 5. The summed E-state index contributed by atoms with van der Waals surface area (Å²) in [6.45, 7) is 5.55. The second-order valence-electron chi connectivity index (χ2n) is 10.9. The van der Waals surface area contributed by atoms with Gasteiger partial charge in [0.05, 0.1) is 29.6 Å². The van der Waals surface area contributed by atoms with Crippen molar-refractivity contribution in [2.45, 2.75) is 51.8 Å². The average Bonchev–Trinajstić information content (AvgIpc) is 2.92. The summed E-state index contributed by atoms with van der Waals surface area (Å²) in [5.41, 5.74) is -0.0754. The number of hydrogen-bond acceptors (Lipinski definition) is 6. The molecule has 0 saturated carbocycles. The van der Waals surface area contributed by atoms with Crippen LogP contribution in [0.25, 0.3) is 0 Å². The van der Waals surface area contributed by atoms with Crippen molar-refractivity contribution in [3.8, 4) is 5.88 Å². The molecular weight excluding hydrogens is 636 g/mol. The molecule has 0 unspecified atom stereocenters. The highest BCUT2D eigenvalue weighted by Gasteiger charge is 2.37. The molecule has 13 heteroatoms. The Hall–Kier alpha value is -3.87. The Morgan fingerprint density at radius 3 is 2.35 bits per heavy atom. The van der Waals surface area contributed by atoms with Gasteiger partial charge in [0.1, 0.15) is 22.7 Å². The van der Waals surface area contributed by atoms with Crippen molar-refractivity contribution in [1.82, 2.24) is 10.3 Å². The standard InChI is InChI=1S/C30H31BrF4N4O4/c1-29(2,3)43-28(41)36-14-6-5-7-18-15-20(32)9-11-22(18)38-17-39(24-12-13-25(42-4)37-26(24)31)27(40)21-16-19(30(33,34)35)8-10-23(21)38/h8-13,15-16H,5-7,14,17H2,1-4H3,(H,36,41). The van der Waals surface area contributed by atoms with E-state index in [0.29, 0.717) is 42.7 Å². The van der Waals surface area contributed by atoms with Gasteiger partial charge in [0.15, 0.2) is 0 Å². The summed E-state index contributed by atoms with van der Waals surface area (Å²) in [4.78, 5) is 32.8. The van der Waals surface area contributed by atoms with E-state index in [-0.39, 0.29) is 28.4 Å². The molecule has 2 amide bonds. The smallest absolute Gasteiger partial charge is 0.416 e. The number of pyridine rings is 1. The third kappa shape index (κ3) is 7.75. The van der Waals surface area contributed by atoms with Gasteiger partial charge in [-0.1, -0.05) is 0 Å². The zero-order chi connectivity index (χ0) is 31.5. The van der Waals surface area contributed by atoms with E-state index in [0.717, 1.165) is 12.1 Å². The summed E-state index contributed by atoms with van der Waals surface area (Å²) in [5.74, 6) is -0.856. The molecule has 3 aromatic rings. The van der Waals surface area contributed by atoms with Crippen LogP contribution in [-0.4, -0.2) is 42.9 Å². The zero-order valence-electron chi connectivity index (χ0n) is 24.0. The van der Waals surface area contributed by atoms with E-state index in [2.05, 4.69) is 26.2 Å². The summed E-state index contributed by atoms with van der Waals surface area (Å²) < 4.78 is 66.1. The molecule has 0 radical (unpaired) electrons. The Morgan fingerprint density at radius 1 is 1.00 bits per heavy atom. The molecule has 0 fully saturated rings. The van der Waals surface area contributed by atoms with Gasteiger partial charge in [-0.05, 0) is 104 Å². The van der Waals surface area contributed by atoms with Crippen molar-refractivity contribution in [3.63, 3.8) is 0 Å². The summed E-state index contributed by atoms with van der Waals surface area (Å²) >= 11 is 3.34. The fraction of sp³-hybridized carbons (Fsp3) is 0.367. The third-order valence-electron chi connectivity index (χ3n) is 6.55. The van der Waals surface area contributed by atoms with Crippen LogP contribution < -0.4 is 19.9 Å². The number of unbranched alkanes of at least 4 members (excludes halogenated alkanes) is 1. The fourth-order valence-electron chi connectivity index (χ4n) is 4.63. The number of aromatic nitrogens is 1. The van der Waals surface area contributed by atoms with Gasteiger partial charge in [0.25, 0.3) is 5.91 Å². The van der Waals surface area contributed by atoms with Crippen molar-refractivity contribution in [3.05, 3.63) is 75.6 Å². The molecule has 0 aliphatic carbocycles. The lowest BCUT2D eigenvalue weighted by atomic mass is 10.00. The van der Waals surface area contributed by atoms with E-state index < -0.39 is 35.2 Å². The first-order valence-electron chi connectivity index (χ1n) is 13.4. The minimum atomic E-state index is -4.67. The number of nitrogens with one attached hydrogen (secondary N) is 1. The Labute approximate surface area is 255 Å². The Morgan fingerprint density at radius 2 is 1.70 bits per heavy atom. The largest absolute Gasteiger partial charge is 0.481 e. The number of carbonyl (C=O) groups excluding carboxylic acids is 2. The molecule has 43 heavy (non-hydrogen) atoms. The molecule has 2 heterocycles. The predicted molar refractivity (Wildman–Crippen MR) is 157 cm³/mol. The number of hydrogen-bond donors (Lipinski definition) is 1. The topological polar surface area (TPSA) is 84.0 Å². The number of methoxy groups -OCH3 is 1. The van der Waals surface area contributed by atoms with Gasteiger partial charge in [0.2, 0.25) is 5.88 Å². The van der Waals surface area contributed by atoms with Crippen molar-refractivity contribution in [2.75, 3.05) is 30.1 Å². The third-order valence-corrected chi connectivity index (χ3v) is 7.13. The van der Waals surface area contributed by atoms with Gasteiger partial charge < -0.3 is 19.7 Å². The molecule has 2 aromatic carbocycles. The number of ether oxygens (including phenoxy) is 2. The Balaban J connectivity index is 1.66. The second kappa shape index (κ2) is 12.8. The van der Waals surface area contributed by atoms with Gasteiger partial charge in [-0.25, -0.2) is 14.2 Å². The van der Waals surface area contributed by atoms with Crippen LogP contribution in [0.15, 0.2) is 53.1 Å². The number of carbonyl (C=O) groups is 2. The van der Waals surface area contributed by atoms with E-state index in [1.165, 1.54) is 36.3 Å². The lowest BCUT2D eigenvalue weighted by molar-refractivity contribution is -0.137. The van der Waals surface area contributed by atoms with Gasteiger partial charge >= 0.3 is 12.3 Å². The molecule has 1 aliphatic rings. The lowest BCUT2D eigenvalue weighted by Gasteiger charge is -2.39. The lowest BCUT2D eigenvalue weighted by Crippen LogP contribution is -2.45. The first kappa shape index (κ1) is 32.1. The number of amides is 2. The van der Waals surface area contributed by atoms with Crippen LogP contribution in [-0.2, 0) is 17.3 Å². The van der Waals surface area contributed by atoms with Crippen LogP contribution in [0.4, 0.5) is 39.4 Å². The van der Waals surface area contributed by atoms with E-state index in [1.807, 2.05) is 0 Å². The number of rotatable bonds is 8. The quantitative estimate of drug-likeness (QED) is 0.151. The first-order valence-corrected chi connectivity index (χ1v) is 14.2. The molecule has 1 aromatic heterocycles. The first-order chi connectivity index (χ1) is 20.2. The van der Waals surface area contributed by atoms with Crippen LogP contribution >= 0.6 is 15.9 Å². The maximum absolute atomic E-state index is 14.5. The minimum absolute atomic E-state index is 0.0807. The molecule has 0 spiro atoms. The van der Waals surface area contributed by atoms with E-state index in [4.69, 9.17) is 9.47 Å². The van der Waals surface area contributed by atoms with Crippen molar-refractivity contribution in [1.29, 1.82) is 0 Å². The summed E-state index contributed by atoms with van der Waals surface area (Å²) in [6.07, 6.45) is -3.67. The van der Waals surface area contributed by atoms with Gasteiger partial charge in [-0.3, -0.25) is 9.69 Å². The molecule has 1 aliphatic heterocycles. The summed E-state index contributed by atoms with van der Waals surface area (Å²) in [7, 11) is 1.43. The summed E-state index contributed by atoms with van der Waals surface area (Å²) in [6, 6.07) is 10.3. The fourth-order valence-corrected chi connectivity index (χ4v) is 5.15. The van der Waals surface area contributed by atoms with Crippen molar-refractivity contribution in [2.24, 2.45) is 0 Å². The van der Waals surface area contributed by atoms with Crippen molar-refractivity contribution < 1.29 is 36.6 Å². The Kier molecular flexibility index (Phi) is 9.53. The number of aryl methyl sites for hydroxylation is 1. The molecule has 4 rings (SSSR count). The number of alkyl carbamates (subject to hydrolysis) is 1. The van der Waals surface area contributed by atoms with E-state index in [1.54, 1.807) is 37.8 Å². The van der Waals surface area contributed by atoms with Crippen LogP contribution in [0.3, 0.4) is 0 Å².